The van der Waals surface area contributed by atoms with Crippen LogP contribution in [0.4, 0.5) is 0 Å². The third-order valence-corrected chi connectivity index (χ3v) is 4.37. The molecule has 0 spiro atoms. The van der Waals surface area contributed by atoms with E-state index in [1.807, 2.05) is 0 Å². The third kappa shape index (κ3) is 17.1. The van der Waals surface area contributed by atoms with Gasteiger partial charge in [0.1, 0.15) is 4.32 Å². The molecule has 0 aromatic rings. The zero-order valence-electron chi connectivity index (χ0n) is 14.1. The summed E-state index contributed by atoms with van der Waals surface area (Å²) in [6, 6.07) is 0. The Hall–Kier alpha value is 0.928. The summed E-state index contributed by atoms with van der Waals surface area (Å²) < 4.78 is 0.784. The quantitative estimate of drug-likeness (QED) is 0.171. The standard InChI is InChI=1S/C17H35NS2.W/c1-3-5-7-9-11-13-15-18(17(19)20)16-14-12-10-8-6-4-2;/h3-16H2,1-2H3,(H,19,20);. The summed E-state index contributed by atoms with van der Waals surface area (Å²) in [5.74, 6) is 0. The smallest absolute Gasteiger partial charge is 0.133 e. The van der Waals surface area contributed by atoms with Crippen molar-refractivity contribution in [2.24, 2.45) is 0 Å². The molecule has 4 heteroatoms. The molecule has 0 fully saturated rings. The molecule has 0 aromatic heterocycles. The van der Waals surface area contributed by atoms with Crippen molar-refractivity contribution in [2.45, 2.75) is 90.9 Å². The second-order valence-electron chi connectivity index (χ2n) is 5.81. The van der Waals surface area contributed by atoms with E-state index in [0.717, 1.165) is 17.4 Å². The molecule has 0 atom stereocenters. The summed E-state index contributed by atoms with van der Waals surface area (Å²) in [4.78, 5) is 2.29. The van der Waals surface area contributed by atoms with Crippen LogP contribution in [0.1, 0.15) is 90.9 Å². The van der Waals surface area contributed by atoms with E-state index in [-0.39, 0.29) is 21.1 Å². The van der Waals surface area contributed by atoms with Gasteiger partial charge in [0, 0.05) is 34.2 Å². The first-order chi connectivity index (χ1) is 9.72. The summed E-state index contributed by atoms with van der Waals surface area (Å²) in [5.41, 5.74) is 0. The van der Waals surface area contributed by atoms with Crippen LogP contribution in [-0.4, -0.2) is 22.3 Å². The van der Waals surface area contributed by atoms with Crippen LogP contribution in [0.5, 0.6) is 0 Å². The fourth-order valence-electron chi connectivity index (χ4n) is 2.47. The number of thiol groups is 1. The predicted octanol–water partition coefficient (Wildman–Crippen LogP) is 6.22. The molecular formula is C17H35NS2W. The Balaban J connectivity index is 0. The van der Waals surface area contributed by atoms with Crippen LogP contribution in [0, 0.1) is 0 Å². The second-order valence-corrected chi connectivity index (χ2v) is 6.92. The fourth-order valence-corrected chi connectivity index (χ4v) is 2.85. The zero-order chi connectivity index (χ0) is 15.1. The van der Waals surface area contributed by atoms with Gasteiger partial charge in [0.15, 0.2) is 0 Å². The summed E-state index contributed by atoms with van der Waals surface area (Å²) in [7, 11) is 0. The van der Waals surface area contributed by atoms with Crippen LogP contribution in [0.3, 0.4) is 0 Å². The number of nitrogens with zero attached hydrogens (tertiary/aromatic N) is 1. The van der Waals surface area contributed by atoms with Gasteiger partial charge >= 0.3 is 0 Å². The van der Waals surface area contributed by atoms with Crippen molar-refractivity contribution in [3.05, 3.63) is 0 Å². The monoisotopic (exact) mass is 501 g/mol. The largest absolute Gasteiger partial charge is 0.358 e. The average Bonchev–Trinajstić information content (AvgIpc) is 2.43. The van der Waals surface area contributed by atoms with E-state index in [9.17, 15) is 0 Å². The molecular weight excluding hydrogens is 466 g/mol. The number of hydrogen-bond acceptors (Lipinski definition) is 1. The SMILES string of the molecule is CCCCCCCCN(CCCCCCCC)C(=S)S.[W]. The van der Waals surface area contributed by atoms with E-state index in [2.05, 4.69) is 31.4 Å². The molecule has 21 heavy (non-hydrogen) atoms. The maximum Gasteiger partial charge on any atom is 0.133 e. The van der Waals surface area contributed by atoms with Gasteiger partial charge in [-0.25, -0.2) is 0 Å². The van der Waals surface area contributed by atoms with Gasteiger partial charge in [-0.1, -0.05) is 90.3 Å². The molecule has 126 valence electrons. The number of thiocarbonyl (C=S) groups is 1. The Bertz CT molecular complexity index is 209. The van der Waals surface area contributed by atoms with Gasteiger partial charge in [0.2, 0.25) is 0 Å². The average molecular weight is 501 g/mol. The topological polar surface area (TPSA) is 3.24 Å². The Kier molecular flexibility index (Phi) is 21.9. The number of unbranched alkanes of at least 4 members (excludes halogenated alkanes) is 10. The van der Waals surface area contributed by atoms with Gasteiger partial charge < -0.3 is 4.90 Å². The Morgan fingerprint density at radius 3 is 1.38 bits per heavy atom. The molecule has 0 rings (SSSR count). The summed E-state index contributed by atoms with van der Waals surface area (Å²) in [6.45, 7) is 6.73. The minimum Gasteiger partial charge on any atom is -0.358 e. The van der Waals surface area contributed by atoms with Crippen molar-refractivity contribution in [3.63, 3.8) is 0 Å². The third-order valence-electron chi connectivity index (χ3n) is 3.83. The molecule has 0 unspecified atom stereocenters. The number of hydrogen-bond donors (Lipinski definition) is 1. The fraction of sp³-hybridized carbons (Fsp3) is 0.941. The van der Waals surface area contributed by atoms with Crippen LogP contribution in [0.15, 0.2) is 0 Å². The summed E-state index contributed by atoms with van der Waals surface area (Å²) >= 11 is 9.61. The Morgan fingerprint density at radius 1 is 0.714 bits per heavy atom. The number of rotatable bonds is 14. The van der Waals surface area contributed by atoms with Gasteiger partial charge in [-0.15, -0.1) is 12.6 Å². The zero-order valence-corrected chi connectivity index (χ0v) is 18.8. The van der Waals surface area contributed by atoms with Crippen LogP contribution in [0.25, 0.3) is 0 Å². The Labute approximate surface area is 158 Å². The molecule has 0 heterocycles. The van der Waals surface area contributed by atoms with Gasteiger partial charge in [0.25, 0.3) is 0 Å². The predicted molar refractivity (Wildman–Crippen MR) is 99.9 cm³/mol. The molecule has 0 aliphatic carbocycles. The van der Waals surface area contributed by atoms with E-state index >= 15 is 0 Å². The van der Waals surface area contributed by atoms with Crippen LogP contribution in [0.2, 0.25) is 0 Å². The van der Waals surface area contributed by atoms with Gasteiger partial charge in [0.05, 0.1) is 0 Å². The molecule has 0 N–H and O–H groups in total. The van der Waals surface area contributed by atoms with E-state index < -0.39 is 0 Å². The second kappa shape index (κ2) is 19.0. The molecule has 0 saturated carbocycles. The van der Waals surface area contributed by atoms with Gasteiger partial charge in [-0.05, 0) is 12.8 Å². The Morgan fingerprint density at radius 2 is 1.05 bits per heavy atom. The maximum atomic E-state index is 5.25. The molecule has 0 aliphatic heterocycles. The van der Waals surface area contributed by atoms with Gasteiger partial charge in [-0.3, -0.25) is 0 Å². The van der Waals surface area contributed by atoms with E-state index in [0.29, 0.717) is 0 Å². The first-order valence-electron chi connectivity index (χ1n) is 8.70. The molecule has 0 saturated heterocycles. The van der Waals surface area contributed by atoms with E-state index in [4.69, 9.17) is 12.2 Å². The first kappa shape index (κ1) is 24.2. The maximum absolute atomic E-state index is 5.25. The van der Waals surface area contributed by atoms with Crippen LogP contribution >= 0.6 is 24.8 Å². The van der Waals surface area contributed by atoms with Gasteiger partial charge in [-0.2, -0.15) is 0 Å². The summed E-state index contributed by atoms with van der Waals surface area (Å²) in [5, 5.41) is 0. The summed E-state index contributed by atoms with van der Waals surface area (Å²) in [6.07, 6.45) is 16.1. The van der Waals surface area contributed by atoms with Crippen molar-refractivity contribution >= 4 is 29.2 Å². The first-order valence-corrected chi connectivity index (χ1v) is 9.55. The van der Waals surface area contributed by atoms with E-state index in [1.54, 1.807) is 0 Å². The molecule has 0 amide bonds. The molecule has 0 aromatic carbocycles. The van der Waals surface area contributed by atoms with Crippen LogP contribution < -0.4 is 0 Å². The van der Waals surface area contributed by atoms with Crippen molar-refractivity contribution in [1.29, 1.82) is 0 Å². The molecule has 0 radical (unpaired) electrons. The van der Waals surface area contributed by atoms with Crippen molar-refractivity contribution in [2.75, 3.05) is 13.1 Å². The molecule has 0 bridgehead atoms. The van der Waals surface area contributed by atoms with Crippen molar-refractivity contribution in [3.8, 4) is 0 Å². The van der Waals surface area contributed by atoms with Crippen LogP contribution in [-0.2, 0) is 21.1 Å². The van der Waals surface area contributed by atoms with E-state index in [1.165, 1.54) is 77.0 Å². The molecule has 0 aliphatic rings. The minimum atomic E-state index is 0. The van der Waals surface area contributed by atoms with Crippen molar-refractivity contribution < 1.29 is 21.1 Å². The minimum absolute atomic E-state index is 0. The normalized spacial score (nSPS) is 10.2. The molecule has 1 nitrogen and oxygen atoms in total. The van der Waals surface area contributed by atoms with Crippen molar-refractivity contribution in [1.82, 2.24) is 4.90 Å².